The molecular weight excluding hydrogens is 280 g/mol. The predicted octanol–water partition coefficient (Wildman–Crippen LogP) is 1.25. The number of rotatable bonds is 4. The average Bonchev–Trinajstić information content (AvgIpc) is 3.05. The lowest BCUT2D eigenvalue weighted by Gasteiger charge is -2.38. The summed E-state index contributed by atoms with van der Waals surface area (Å²) in [4.78, 5) is 16.8. The standard InChI is InChI=1S/C17H30N2O3/c1-17(2,21)9-16(20)19-11-14-15(12-19)22-8-7-18(14)10-13-5-3-4-6-13/h13-15,21H,3-12H2,1-2H3/t14-,15-/m0/s1. The number of hydrogen-bond acceptors (Lipinski definition) is 4. The van der Waals surface area contributed by atoms with Gasteiger partial charge in [-0.15, -0.1) is 0 Å². The van der Waals surface area contributed by atoms with Gasteiger partial charge in [0.2, 0.25) is 5.91 Å². The second kappa shape index (κ2) is 6.46. The average molecular weight is 310 g/mol. The maximum Gasteiger partial charge on any atom is 0.225 e. The van der Waals surface area contributed by atoms with Gasteiger partial charge in [-0.2, -0.15) is 0 Å². The van der Waals surface area contributed by atoms with Crippen LogP contribution in [0.2, 0.25) is 0 Å². The monoisotopic (exact) mass is 310 g/mol. The van der Waals surface area contributed by atoms with Gasteiger partial charge >= 0.3 is 0 Å². The van der Waals surface area contributed by atoms with E-state index >= 15 is 0 Å². The Kier molecular flexibility index (Phi) is 4.76. The van der Waals surface area contributed by atoms with Crippen LogP contribution in [-0.4, -0.2) is 71.3 Å². The Bertz CT molecular complexity index is 401. The van der Waals surface area contributed by atoms with Crippen LogP contribution in [0.3, 0.4) is 0 Å². The quantitative estimate of drug-likeness (QED) is 0.849. The van der Waals surface area contributed by atoms with Crippen molar-refractivity contribution in [3.05, 3.63) is 0 Å². The molecule has 1 aliphatic carbocycles. The van der Waals surface area contributed by atoms with E-state index in [1.165, 1.54) is 25.7 Å². The third kappa shape index (κ3) is 3.81. The third-order valence-electron chi connectivity index (χ3n) is 5.32. The Balaban J connectivity index is 1.58. The fourth-order valence-corrected chi connectivity index (χ4v) is 4.20. The summed E-state index contributed by atoms with van der Waals surface area (Å²) >= 11 is 0. The van der Waals surface area contributed by atoms with E-state index in [0.29, 0.717) is 12.6 Å². The Morgan fingerprint density at radius 2 is 2.00 bits per heavy atom. The smallest absolute Gasteiger partial charge is 0.225 e. The summed E-state index contributed by atoms with van der Waals surface area (Å²) in [6, 6.07) is 0.347. The van der Waals surface area contributed by atoms with Crippen molar-refractivity contribution in [2.75, 3.05) is 32.8 Å². The van der Waals surface area contributed by atoms with E-state index in [-0.39, 0.29) is 18.4 Å². The van der Waals surface area contributed by atoms with Gasteiger partial charge in [0.25, 0.3) is 0 Å². The van der Waals surface area contributed by atoms with E-state index in [9.17, 15) is 9.90 Å². The van der Waals surface area contributed by atoms with Gasteiger partial charge in [-0.1, -0.05) is 12.8 Å². The molecule has 2 atom stereocenters. The largest absolute Gasteiger partial charge is 0.390 e. The zero-order chi connectivity index (χ0) is 15.7. The summed E-state index contributed by atoms with van der Waals surface area (Å²) in [5.41, 5.74) is -0.935. The second-order valence-corrected chi connectivity index (χ2v) is 7.91. The van der Waals surface area contributed by atoms with Gasteiger partial charge in [-0.25, -0.2) is 0 Å². The molecule has 0 radical (unpaired) electrons. The van der Waals surface area contributed by atoms with Crippen molar-refractivity contribution in [1.29, 1.82) is 0 Å². The molecule has 0 bridgehead atoms. The number of aliphatic hydroxyl groups is 1. The number of fused-ring (bicyclic) bond motifs is 1. The van der Waals surface area contributed by atoms with Crippen molar-refractivity contribution in [2.24, 2.45) is 5.92 Å². The molecule has 0 aromatic carbocycles. The predicted molar refractivity (Wildman–Crippen MR) is 84.6 cm³/mol. The van der Waals surface area contributed by atoms with Crippen LogP contribution >= 0.6 is 0 Å². The minimum absolute atomic E-state index is 0.0475. The first-order valence-electron chi connectivity index (χ1n) is 8.78. The molecule has 3 fully saturated rings. The van der Waals surface area contributed by atoms with Gasteiger partial charge in [0.05, 0.1) is 30.8 Å². The van der Waals surface area contributed by atoms with Crippen molar-refractivity contribution < 1.29 is 14.6 Å². The fourth-order valence-electron chi connectivity index (χ4n) is 4.20. The minimum atomic E-state index is -0.935. The Morgan fingerprint density at radius 3 is 2.68 bits per heavy atom. The molecule has 1 N–H and O–H groups in total. The van der Waals surface area contributed by atoms with E-state index in [2.05, 4.69) is 4.90 Å². The number of amides is 1. The molecule has 5 nitrogen and oxygen atoms in total. The maximum absolute atomic E-state index is 12.3. The van der Waals surface area contributed by atoms with Gasteiger partial charge in [0, 0.05) is 26.2 Å². The highest BCUT2D eigenvalue weighted by Gasteiger charge is 2.42. The highest BCUT2D eigenvalue weighted by molar-refractivity contribution is 5.77. The molecule has 2 aliphatic heterocycles. The van der Waals surface area contributed by atoms with Crippen LogP contribution in [0.4, 0.5) is 0 Å². The van der Waals surface area contributed by atoms with Crippen LogP contribution in [-0.2, 0) is 9.53 Å². The highest BCUT2D eigenvalue weighted by atomic mass is 16.5. The summed E-state index contributed by atoms with van der Waals surface area (Å²) in [6.45, 7) is 7.76. The Morgan fingerprint density at radius 1 is 1.27 bits per heavy atom. The lowest BCUT2D eigenvalue weighted by atomic mass is 10.0. The van der Waals surface area contributed by atoms with Gasteiger partial charge < -0.3 is 14.7 Å². The van der Waals surface area contributed by atoms with E-state index in [1.54, 1.807) is 13.8 Å². The molecule has 2 saturated heterocycles. The van der Waals surface area contributed by atoms with Gasteiger partial charge in [-0.05, 0) is 32.6 Å². The number of ether oxygens (including phenoxy) is 1. The van der Waals surface area contributed by atoms with Crippen molar-refractivity contribution >= 4 is 5.91 Å². The summed E-state index contributed by atoms with van der Waals surface area (Å²) in [7, 11) is 0. The lowest BCUT2D eigenvalue weighted by Crippen LogP contribution is -2.52. The first-order valence-corrected chi connectivity index (χ1v) is 8.78. The molecule has 0 unspecified atom stereocenters. The molecule has 1 saturated carbocycles. The van der Waals surface area contributed by atoms with Crippen LogP contribution < -0.4 is 0 Å². The van der Waals surface area contributed by atoms with Crippen LogP contribution in [0.15, 0.2) is 0 Å². The summed E-state index contributed by atoms with van der Waals surface area (Å²) in [6.07, 6.45) is 5.81. The second-order valence-electron chi connectivity index (χ2n) is 7.91. The first-order chi connectivity index (χ1) is 10.4. The van der Waals surface area contributed by atoms with Crippen LogP contribution in [0.25, 0.3) is 0 Å². The van der Waals surface area contributed by atoms with E-state index in [1.807, 2.05) is 4.90 Å². The SMILES string of the molecule is CC(C)(O)CC(=O)N1C[C@@H]2OCCN(CC3CCCC3)[C@H]2C1. The molecule has 22 heavy (non-hydrogen) atoms. The first kappa shape index (κ1) is 16.2. The number of morpholine rings is 1. The topological polar surface area (TPSA) is 53.0 Å². The molecule has 2 heterocycles. The van der Waals surface area contributed by atoms with Crippen molar-refractivity contribution in [3.8, 4) is 0 Å². The highest BCUT2D eigenvalue weighted by Crippen LogP contribution is 2.30. The summed E-state index contributed by atoms with van der Waals surface area (Å²) < 4.78 is 5.91. The van der Waals surface area contributed by atoms with Crippen molar-refractivity contribution in [2.45, 2.75) is 63.7 Å². The summed E-state index contributed by atoms with van der Waals surface area (Å²) in [5, 5.41) is 9.86. The fraction of sp³-hybridized carbons (Fsp3) is 0.941. The van der Waals surface area contributed by atoms with Crippen LogP contribution in [0, 0.1) is 5.92 Å². The molecule has 3 aliphatic rings. The molecule has 0 aromatic rings. The number of likely N-dealkylation sites (tertiary alicyclic amines) is 1. The van der Waals surface area contributed by atoms with Gasteiger partial charge in [-0.3, -0.25) is 9.69 Å². The molecule has 0 spiro atoms. The molecule has 1 amide bonds. The lowest BCUT2D eigenvalue weighted by molar-refractivity contribution is -0.134. The Labute approximate surface area is 133 Å². The van der Waals surface area contributed by atoms with Gasteiger partial charge in [0.1, 0.15) is 0 Å². The number of carbonyl (C=O) groups excluding carboxylic acids is 1. The zero-order valence-electron chi connectivity index (χ0n) is 14.0. The molecule has 5 heteroatoms. The van der Waals surface area contributed by atoms with Crippen molar-refractivity contribution in [1.82, 2.24) is 9.80 Å². The van der Waals surface area contributed by atoms with Crippen LogP contribution in [0.5, 0.6) is 0 Å². The zero-order valence-corrected chi connectivity index (χ0v) is 14.0. The Hall–Kier alpha value is -0.650. The van der Waals surface area contributed by atoms with E-state index < -0.39 is 5.60 Å². The normalized spacial score (nSPS) is 30.8. The van der Waals surface area contributed by atoms with E-state index in [0.717, 1.165) is 32.2 Å². The van der Waals surface area contributed by atoms with E-state index in [4.69, 9.17) is 4.74 Å². The number of carbonyl (C=O) groups is 1. The van der Waals surface area contributed by atoms with Crippen molar-refractivity contribution in [3.63, 3.8) is 0 Å². The third-order valence-corrected chi connectivity index (χ3v) is 5.32. The maximum atomic E-state index is 12.3. The number of hydrogen-bond donors (Lipinski definition) is 1. The van der Waals surface area contributed by atoms with Gasteiger partial charge in [0.15, 0.2) is 0 Å². The molecular formula is C17H30N2O3. The summed E-state index contributed by atoms with van der Waals surface area (Å²) in [5.74, 6) is 0.881. The molecule has 126 valence electrons. The number of nitrogens with zero attached hydrogens (tertiary/aromatic N) is 2. The molecule has 0 aromatic heterocycles. The minimum Gasteiger partial charge on any atom is -0.390 e. The van der Waals surface area contributed by atoms with Crippen LogP contribution in [0.1, 0.15) is 46.0 Å². The molecule has 3 rings (SSSR count).